The van der Waals surface area contributed by atoms with Gasteiger partial charge in [0, 0.05) is 25.0 Å². The summed E-state index contributed by atoms with van der Waals surface area (Å²) in [6, 6.07) is 8.26. The molecule has 0 atom stereocenters. The zero-order chi connectivity index (χ0) is 20.5. The highest BCUT2D eigenvalue weighted by molar-refractivity contribution is 5.96. The Bertz CT molecular complexity index is 1100. The molecule has 2 heterocycles. The summed E-state index contributed by atoms with van der Waals surface area (Å²) in [6.07, 6.45) is -3.13. The van der Waals surface area contributed by atoms with E-state index in [1.165, 1.54) is 24.4 Å². The largest absolute Gasteiger partial charge is 0.416 e. The van der Waals surface area contributed by atoms with E-state index < -0.39 is 23.1 Å². The molecule has 3 aromatic rings. The maximum absolute atomic E-state index is 13.1. The van der Waals surface area contributed by atoms with Gasteiger partial charge in [0.2, 0.25) is 5.43 Å². The van der Waals surface area contributed by atoms with Gasteiger partial charge in [-0.1, -0.05) is 18.2 Å². The van der Waals surface area contributed by atoms with Crippen molar-refractivity contribution in [1.82, 2.24) is 14.9 Å². The van der Waals surface area contributed by atoms with Crippen molar-refractivity contribution in [1.29, 1.82) is 0 Å². The number of aromatic nitrogens is 2. The minimum absolute atomic E-state index is 0.0720. The van der Waals surface area contributed by atoms with Gasteiger partial charge in [-0.3, -0.25) is 9.59 Å². The third kappa shape index (κ3) is 3.76. The number of pyridine rings is 2. The van der Waals surface area contributed by atoms with Crippen molar-refractivity contribution in [3.63, 3.8) is 0 Å². The molecular formula is C20H18F3N3O2. The first-order valence-corrected chi connectivity index (χ1v) is 8.66. The summed E-state index contributed by atoms with van der Waals surface area (Å²) in [5, 5.41) is 2.71. The van der Waals surface area contributed by atoms with Crippen molar-refractivity contribution in [2.24, 2.45) is 0 Å². The lowest BCUT2D eigenvalue weighted by Crippen LogP contribution is -2.30. The molecule has 1 aromatic carbocycles. The van der Waals surface area contributed by atoms with Gasteiger partial charge in [0.15, 0.2) is 0 Å². The van der Waals surface area contributed by atoms with Crippen LogP contribution in [0.4, 0.5) is 13.2 Å². The van der Waals surface area contributed by atoms with Crippen LogP contribution in [0.5, 0.6) is 0 Å². The molecule has 146 valence electrons. The summed E-state index contributed by atoms with van der Waals surface area (Å²) < 4.78 is 40.9. The van der Waals surface area contributed by atoms with E-state index in [4.69, 9.17) is 0 Å². The lowest BCUT2D eigenvalue weighted by Gasteiger charge is -2.14. The monoisotopic (exact) mass is 389 g/mol. The number of alkyl halides is 3. The summed E-state index contributed by atoms with van der Waals surface area (Å²) in [5.74, 6) is -0.730. The zero-order valence-corrected chi connectivity index (χ0v) is 15.3. The van der Waals surface area contributed by atoms with Gasteiger partial charge in [0.25, 0.3) is 5.91 Å². The highest BCUT2D eigenvalue weighted by Crippen LogP contribution is 2.31. The highest BCUT2D eigenvalue weighted by Gasteiger charge is 2.32. The number of aryl methyl sites for hydroxylation is 2. The van der Waals surface area contributed by atoms with Gasteiger partial charge < -0.3 is 9.88 Å². The molecule has 1 amide bonds. The Morgan fingerprint density at radius 2 is 1.89 bits per heavy atom. The Kier molecular flexibility index (Phi) is 5.22. The van der Waals surface area contributed by atoms with Gasteiger partial charge in [-0.2, -0.15) is 13.2 Å². The van der Waals surface area contributed by atoms with E-state index in [0.717, 1.165) is 11.8 Å². The van der Waals surface area contributed by atoms with Crippen LogP contribution in [-0.4, -0.2) is 15.5 Å². The topological polar surface area (TPSA) is 64.0 Å². The maximum Gasteiger partial charge on any atom is 0.416 e. The van der Waals surface area contributed by atoms with Crippen molar-refractivity contribution in [3.8, 4) is 0 Å². The van der Waals surface area contributed by atoms with Gasteiger partial charge in [-0.05, 0) is 37.6 Å². The molecule has 0 saturated heterocycles. The fourth-order valence-corrected chi connectivity index (χ4v) is 2.98. The first-order chi connectivity index (χ1) is 13.2. The van der Waals surface area contributed by atoms with Crippen LogP contribution in [0.3, 0.4) is 0 Å². The summed E-state index contributed by atoms with van der Waals surface area (Å²) in [4.78, 5) is 29.6. The minimum atomic E-state index is -4.53. The van der Waals surface area contributed by atoms with Crippen LogP contribution in [0.15, 0.2) is 47.4 Å². The number of rotatable bonds is 4. The Morgan fingerprint density at radius 1 is 1.18 bits per heavy atom. The predicted octanol–water partition coefficient (Wildman–Crippen LogP) is 3.67. The van der Waals surface area contributed by atoms with Crippen molar-refractivity contribution in [2.45, 2.75) is 33.1 Å². The number of hydrogen-bond donors (Lipinski definition) is 1. The van der Waals surface area contributed by atoms with E-state index in [2.05, 4.69) is 10.3 Å². The summed E-state index contributed by atoms with van der Waals surface area (Å²) in [7, 11) is 0. The number of carbonyl (C=O) groups excluding carboxylic acids is 1. The van der Waals surface area contributed by atoms with Crippen molar-refractivity contribution in [3.05, 3.63) is 75.2 Å². The zero-order valence-electron chi connectivity index (χ0n) is 15.3. The SMILES string of the molecule is CCn1cc(C(=O)NCc2ccccc2C(F)(F)F)c(=O)c2ccc(C)nc21. The second-order valence-electron chi connectivity index (χ2n) is 6.32. The average molecular weight is 389 g/mol. The Morgan fingerprint density at radius 3 is 2.57 bits per heavy atom. The number of halogens is 3. The molecule has 0 fully saturated rings. The third-order valence-corrected chi connectivity index (χ3v) is 4.41. The molecule has 0 aliphatic rings. The van der Waals surface area contributed by atoms with E-state index in [1.807, 2.05) is 6.92 Å². The van der Waals surface area contributed by atoms with E-state index in [9.17, 15) is 22.8 Å². The van der Waals surface area contributed by atoms with E-state index in [-0.39, 0.29) is 23.1 Å². The van der Waals surface area contributed by atoms with Gasteiger partial charge >= 0.3 is 6.18 Å². The van der Waals surface area contributed by atoms with Crippen molar-refractivity contribution < 1.29 is 18.0 Å². The van der Waals surface area contributed by atoms with Crippen molar-refractivity contribution in [2.75, 3.05) is 0 Å². The highest BCUT2D eigenvalue weighted by atomic mass is 19.4. The molecule has 1 N–H and O–H groups in total. The standard InChI is InChI=1S/C20H18F3N3O2/c1-3-26-11-15(17(27)14-9-8-12(2)25-18(14)26)19(28)24-10-13-6-4-5-7-16(13)20(21,22)23/h4-9,11H,3,10H2,1-2H3,(H,24,28). The number of hydrogen-bond acceptors (Lipinski definition) is 3. The lowest BCUT2D eigenvalue weighted by atomic mass is 10.1. The number of nitrogens with one attached hydrogen (secondary N) is 1. The molecule has 0 aliphatic heterocycles. The van der Waals surface area contributed by atoms with Crippen LogP contribution >= 0.6 is 0 Å². The molecule has 3 rings (SSSR count). The molecule has 0 spiro atoms. The van der Waals surface area contributed by atoms with Crippen LogP contribution < -0.4 is 10.7 Å². The number of fused-ring (bicyclic) bond motifs is 1. The van der Waals surface area contributed by atoms with Crippen LogP contribution in [0.2, 0.25) is 0 Å². The first kappa shape index (κ1) is 19.6. The van der Waals surface area contributed by atoms with E-state index in [0.29, 0.717) is 12.2 Å². The number of carbonyl (C=O) groups is 1. The maximum atomic E-state index is 13.1. The molecule has 0 aliphatic carbocycles. The normalized spacial score (nSPS) is 11.6. The average Bonchev–Trinajstić information content (AvgIpc) is 2.66. The Labute approximate surface area is 158 Å². The fourth-order valence-electron chi connectivity index (χ4n) is 2.98. The molecule has 0 saturated carbocycles. The summed E-state index contributed by atoms with van der Waals surface area (Å²) >= 11 is 0. The van der Waals surface area contributed by atoms with Gasteiger partial charge in [-0.15, -0.1) is 0 Å². The Hall–Kier alpha value is -3.16. The van der Waals surface area contributed by atoms with Gasteiger partial charge in [0.1, 0.15) is 11.2 Å². The van der Waals surface area contributed by atoms with Crippen LogP contribution in [0.1, 0.15) is 34.1 Å². The molecule has 5 nitrogen and oxygen atoms in total. The number of nitrogens with zero attached hydrogens (tertiary/aromatic N) is 2. The summed E-state index contributed by atoms with van der Waals surface area (Å²) in [5.41, 5.74) is -0.337. The second kappa shape index (κ2) is 7.46. The third-order valence-electron chi connectivity index (χ3n) is 4.41. The number of benzene rings is 1. The first-order valence-electron chi connectivity index (χ1n) is 8.66. The quantitative estimate of drug-likeness (QED) is 0.741. The van der Waals surface area contributed by atoms with E-state index in [1.54, 1.807) is 23.6 Å². The molecule has 28 heavy (non-hydrogen) atoms. The van der Waals surface area contributed by atoms with Crippen LogP contribution in [-0.2, 0) is 19.3 Å². The molecule has 0 unspecified atom stereocenters. The molecule has 0 radical (unpaired) electrons. The number of amides is 1. The predicted molar refractivity (Wildman–Crippen MR) is 99.0 cm³/mol. The fraction of sp³-hybridized carbons (Fsp3) is 0.250. The molecule has 0 bridgehead atoms. The van der Waals surface area contributed by atoms with E-state index >= 15 is 0 Å². The smallest absolute Gasteiger partial charge is 0.348 e. The summed E-state index contributed by atoms with van der Waals surface area (Å²) in [6.45, 7) is 3.77. The molecule has 8 heteroatoms. The van der Waals surface area contributed by atoms with Gasteiger partial charge in [0.05, 0.1) is 10.9 Å². The molecule has 2 aromatic heterocycles. The van der Waals surface area contributed by atoms with Crippen molar-refractivity contribution >= 4 is 16.9 Å². The molecular weight excluding hydrogens is 371 g/mol. The Balaban J connectivity index is 1.94. The van der Waals surface area contributed by atoms with Crippen LogP contribution in [0, 0.1) is 6.92 Å². The van der Waals surface area contributed by atoms with Crippen LogP contribution in [0.25, 0.3) is 11.0 Å². The van der Waals surface area contributed by atoms with Gasteiger partial charge in [-0.25, -0.2) is 4.98 Å². The lowest BCUT2D eigenvalue weighted by molar-refractivity contribution is -0.138. The minimum Gasteiger partial charge on any atom is -0.348 e. The second-order valence-corrected chi connectivity index (χ2v) is 6.32.